The van der Waals surface area contributed by atoms with Crippen molar-refractivity contribution in [1.82, 2.24) is 0 Å². The molecule has 1 unspecified atom stereocenters. The Bertz CT molecular complexity index is 531. The van der Waals surface area contributed by atoms with E-state index in [1.807, 2.05) is 12.1 Å². The molecule has 0 aromatic heterocycles. The van der Waals surface area contributed by atoms with Gasteiger partial charge >= 0.3 is 0 Å². The maximum atomic E-state index is 11.9. The molecule has 1 atom stereocenters. The molecule has 122 valence electrons. The highest BCUT2D eigenvalue weighted by Gasteiger charge is 2.19. The molecule has 3 heteroatoms. The molecule has 0 radical (unpaired) electrons. The van der Waals surface area contributed by atoms with Gasteiger partial charge in [0.25, 0.3) is 0 Å². The summed E-state index contributed by atoms with van der Waals surface area (Å²) in [7, 11) is 3.16. The topological polar surface area (TPSA) is 35.5 Å². The van der Waals surface area contributed by atoms with Gasteiger partial charge < -0.3 is 9.47 Å². The number of carbonyl (C=O) groups is 1. The van der Waals surface area contributed by atoms with Crippen LogP contribution in [0.25, 0.3) is 5.57 Å². The van der Waals surface area contributed by atoms with E-state index in [2.05, 4.69) is 33.8 Å². The first-order valence-electron chi connectivity index (χ1n) is 7.84. The van der Waals surface area contributed by atoms with Crippen LogP contribution in [0, 0.1) is 11.8 Å². The Morgan fingerprint density at radius 2 is 1.64 bits per heavy atom. The van der Waals surface area contributed by atoms with Crippen molar-refractivity contribution < 1.29 is 14.3 Å². The van der Waals surface area contributed by atoms with Crippen molar-refractivity contribution in [2.45, 2.75) is 41.0 Å². The number of hydrogen-bond acceptors (Lipinski definition) is 3. The highest BCUT2D eigenvalue weighted by atomic mass is 16.5. The van der Waals surface area contributed by atoms with E-state index in [0.717, 1.165) is 12.0 Å². The highest BCUT2D eigenvalue weighted by molar-refractivity contribution is 6.00. The Hall–Kier alpha value is -1.77. The van der Waals surface area contributed by atoms with Crippen molar-refractivity contribution in [3.05, 3.63) is 29.3 Å². The Labute approximate surface area is 134 Å². The molecule has 0 spiro atoms. The molecule has 0 saturated heterocycles. The molecule has 3 nitrogen and oxygen atoms in total. The number of ether oxygens (including phenoxy) is 2. The number of methoxy groups -OCH3 is 2. The van der Waals surface area contributed by atoms with Crippen LogP contribution in [-0.2, 0) is 0 Å². The van der Waals surface area contributed by atoms with Crippen LogP contribution in [-0.4, -0.2) is 20.0 Å². The van der Waals surface area contributed by atoms with E-state index in [1.165, 1.54) is 12.5 Å². The molecule has 0 aliphatic carbocycles. The minimum absolute atomic E-state index is 0.0581. The second-order valence-corrected chi connectivity index (χ2v) is 5.97. The summed E-state index contributed by atoms with van der Waals surface area (Å²) in [6.07, 6.45) is 3.39. The summed E-state index contributed by atoms with van der Waals surface area (Å²) in [5.74, 6) is 1.96. The summed E-state index contributed by atoms with van der Waals surface area (Å²) < 4.78 is 10.8. The van der Waals surface area contributed by atoms with Crippen LogP contribution >= 0.6 is 0 Å². The molecule has 0 aliphatic rings. The number of ketones is 1. The molecular formula is C19H28O3. The zero-order valence-electron chi connectivity index (χ0n) is 14.8. The summed E-state index contributed by atoms with van der Waals surface area (Å²) in [5, 5.41) is 0. The Morgan fingerprint density at radius 3 is 1.95 bits per heavy atom. The van der Waals surface area contributed by atoms with Crippen molar-refractivity contribution in [2.75, 3.05) is 14.2 Å². The molecule has 0 heterocycles. The van der Waals surface area contributed by atoms with E-state index in [9.17, 15) is 4.79 Å². The fourth-order valence-electron chi connectivity index (χ4n) is 2.47. The average Bonchev–Trinajstić information content (AvgIpc) is 2.50. The van der Waals surface area contributed by atoms with Gasteiger partial charge in [0.2, 0.25) is 0 Å². The monoisotopic (exact) mass is 304 g/mol. The largest absolute Gasteiger partial charge is 0.496 e. The van der Waals surface area contributed by atoms with Crippen molar-refractivity contribution in [3.8, 4) is 11.5 Å². The standard InChI is InChI=1S/C19H28O3/c1-8-13(4)9-16(12(2)3)15-10-17(21-6)19(14(5)20)18(11-15)22-7/h9-13H,8H2,1-7H3/b16-9+. The zero-order chi connectivity index (χ0) is 16.9. The molecular weight excluding hydrogens is 276 g/mol. The molecule has 0 amide bonds. The lowest BCUT2D eigenvalue weighted by atomic mass is 9.90. The van der Waals surface area contributed by atoms with Crippen LogP contribution in [0.3, 0.4) is 0 Å². The van der Waals surface area contributed by atoms with Gasteiger partial charge in [0, 0.05) is 0 Å². The minimum Gasteiger partial charge on any atom is -0.496 e. The molecule has 0 N–H and O–H groups in total. The summed E-state index contributed by atoms with van der Waals surface area (Å²) in [5.41, 5.74) is 2.80. The van der Waals surface area contributed by atoms with Crippen molar-refractivity contribution >= 4 is 11.4 Å². The number of carbonyl (C=O) groups excluding carboxylic acids is 1. The highest BCUT2D eigenvalue weighted by Crippen LogP contribution is 2.36. The Kier molecular flexibility index (Phi) is 6.66. The SMILES string of the molecule is CCC(C)/C=C(/c1cc(OC)c(C(C)=O)c(OC)c1)C(C)C. The number of allylic oxidation sites excluding steroid dienone is 2. The number of benzene rings is 1. The molecule has 0 aliphatic heterocycles. The normalized spacial score (nSPS) is 13.2. The minimum atomic E-state index is -0.0581. The predicted molar refractivity (Wildman–Crippen MR) is 91.8 cm³/mol. The Morgan fingerprint density at radius 1 is 1.14 bits per heavy atom. The van der Waals surface area contributed by atoms with Crippen LogP contribution in [0.4, 0.5) is 0 Å². The van der Waals surface area contributed by atoms with E-state index in [1.54, 1.807) is 14.2 Å². The number of hydrogen-bond donors (Lipinski definition) is 0. The summed E-state index contributed by atoms with van der Waals surface area (Å²) in [4.78, 5) is 11.9. The summed E-state index contributed by atoms with van der Waals surface area (Å²) >= 11 is 0. The fourth-order valence-corrected chi connectivity index (χ4v) is 2.47. The predicted octanol–water partition coefficient (Wildman–Crippen LogP) is 4.99. The van der Waals surface area contributed by atoms with E-state index in [-0.39, 0.29) is 5.78 Å². The third kappa shape index (κ3) is 4.12. The van der Waals surface area contributed by atoms with Gasteiger partial charge in [0.1, 0.15) is 17.1 Å². The number of Topliss-reactive ketones (excluding diaryl/α,β-unsaturated/α-hetero) is 1. The van der Waals surface area contributed by atoms with Crippen LogP contribution in [0.15, 0.2) is 18.2 Å². The summed E-state index contributed by atoms with van der Waals surface area (Å²) in [6, 6.07) is 3.88. The molecule has 1 rings (SSSR count). The Balaban J connectivity index is 3.52. The first kappa shape index (κ1) is 18.3. The average molecular weight is 304 g/mol. The van der Waals surface area contributed by atoms with Gasteiger partial charge in [-0.2, -0.15) is 0 Å². The van der Waals surface area contributed by atoms with E-state index >= 15 is 0 Å². The fraction of sp³-hybridized carbons (Fsp3) is 0.526. The third-order valence-electron chi connectivity index (χ3n) is 3.92. The molecule has 0 bridgehead atoms. The molecule has 0 saturated carbocycles. The van der Waals surface area contributed by atoms with Crippen LogP contribution in [0.2, 0.25) is 0 Å². The molecule has 1 aromatic rings. The van der Waals surface area contributed by atoms with E-state index in [4.69, 9.17) is 9.47 Å². The zero-order valence-corrected chi connectivity index (χ0v) is 14.8. The molecule has 1 aromatic carbocycles. The van der Waals surface area contributed by atoms with Crippen molar-refractivity contribution in [3.63, 3.8) is 0 Å². The van der Waals surface area contributed by atoms with Gasteiger partial charge in [0.05, 0.1) is 14.2 Å². The molecule has 22 heavy (non-hydrogen) atoms. The third-order valence-corrected chi connectivity index (χ3v) is 3.92. The van der Waals surface area contributed by atoms with E-state index in [0.29, 0.717) is 28.9 Å². The quantitative estimate of drug-likeness (QED) is 0.666. The maximum Gasteiger partial charge on any atom is 0.167 e. The van der Waals surface area contributed by atoms with Gasteiger partial charge in [0.15, 0.2) is 5.78 Å². The van der Waals surface area contributed by atoms with Gasteiger partial charge in [-0.25, -0.2) is 0 Å². The van der Waals surface area contributed by atoms with Crippen molar-refractivity contribution in [2.24, 2.45) is 11.8 Å². The number of rotatable bonds is 7. The lowest BCUT2D eigenvalue weighted by Gasteiger charge is -2.18. The van der Waals surface area contributed by atoms with Gasteiger partial charge in [-0.05, 0) is 42.0 Å². The summed E-state index contributed by atoms with van der Waals surface area (Å²) in [6.45, 7) is 10.3. The van der Waals surface area contributed by atoms with Gasteiger partial charge in [-0.1, -0.05) is 40.2 Å². The maximum absolute atomic E-state index is 11.9. The van der Waals surface area contributed by atoms with Crippen LogP contribution in [0.5, 0.6) is 11.5 Å². The lowest BCUT2D eigenvalue weighted by Crippen LogP contribution is -2.05. The first-order chi connectivity index (χ1) is 10.3. The second kappa shape index (κ2) is 8.02. The lowest BCUT2D eigenvalue weighted by molar-refractivity contribution is 0.101. The second-order valence-electron chi connectivity index (χ2n) is 5.97. The van der Waals surface area contributed by atoms with E-state index < -0.39 is 0 Å². The van der Waals surface area contributed by atoms with Crippen LogP contribution < -0.4 is 9.47 Å². The van der Waals surface area contributed by atoms with Crippen molar-refractivity contribution in [1.29, 1.82) is 0 Å². The molecule has 0 fully saturated rings. The van der Waals surface area contributed by atoms with Gasteiger partial charge in [-0.15, -0.1) is 0 Å². The van der Waals surface area contributed by atoms with Crippen LogP contribution in [0.1, 0.15) is 57.0 Å². The smallest absolute Gasteiger partial charge is 0.167 e. The van der Waals surface area contributed by atoms with Gasteiger partial charge in [-0.3, -0.25) is 4.79 Å². The first-order valence-corrected chi connectivity index (χ1v) is 7.84.